The summed E-state index contributed by atoms with van der Waals surface area (Å²) in [6.45, 7) is 7.38. The number of aliphatic hydroxyl groups is 1. The van der Waals surface area contributed by atoms with Gasteiger partial charge in [0, 0.05) is 24.4 Å². The van der Waals surface area contributed by atoms with Gasteiger partial charge < -0.3 is 20.3 Å². The van der Waals surface area contributed by atoms with Crippen LogP contribution in [0.25, 0.3) is 0 Å². The zero-order chi connectivity index (χ0) is 24.6. The number of benzene rings is 1. The van der Waals surface area contributed by atoms with E-state index in [-0.39, 0.29) is 31.9 Å². The van der Waals surface area contributed by atoms with Crippen molar-refractivity contribution in [1.82, 2.24) is 5.32 Å². The first-order valence-electron chi connectivity index (χ1n) is 11.8. The molecule has 0 amide bonds. The van der Waals surface area contributed by atoms with Gasteiger partial charge in [0.15, 0.2) is 5.78 Å². The molecule has 1 saturated carbocycles. The fraction of sp³-hybridized carbons (Fsp3) is 0.538. The first kappa shape index (κ1) is 25.2. The summed E-state index contributed by atoms with van der Waals surface area (Å²) in [5, 5.41) is 21.9. The maximum atomic E-state index is 13.0. The molecular formula is C26H32ClNO5S. The number of ether oxygens (including phenoxy) is 1. The van der Waals surface area contributed by atoms with Crippen molar-refractivity contribution < 1.29 is 24.5 Å². The number of fused-ring (bicyclic) bond motifs is 3. The van der Waals surface area contributed by atoms with E-state index in [1.54, 1.807) is 17.4 Å². The summed E-state index contributed by atoms with van der Waals surface area (Å²) in [4.78, 5) is 25.8. The van der Waals surface area contributed by atoms with Gasteiger partial charge in [-0.05, 0) is 65.8 Å². The maximum absolute atomic E-state index is 13.0. The Hall–Kier alpha value is -1.93. The molecule has 3 atom stereocenters. The van der Waals surface area contributed by atoms with Gasteiger partial charge in [-0.2, -0.15) is 0 Å². The number of nitrogens with one attached hydrogen (secondary N) is 1. The predicted octanol–water partition coefficient (Wildman–Crippen LogP) is 4.63. The monoisotopic (exact) mass is 505 g/mol. The van der Waals surface area contributed by atoms with Gasteiger partial charge in [-0.25, -0.2) is 0 Å². The van der Waals surface area contributed by atoms with Crippen LogP contribution in [0, 0.1) is 18.3 Å². The van der Waals surface area contributed by atoms with Gasteiger partial charge in [-0.3, -0.25) is 9.59 Å². The summed E-state index contributed by atoms with van der Waals surface area (Å²) in [5.74, 6) is 1.12. The number of aliphatic carboxylic acids is 1. The number of rotatable bonds is 12. The Balaban J connectivity index is 1.27. The lowest BCUT2D eigenvalue weighted by atomic mass is 9.94. The zero-order valence-corrected chi connectivity index (χ0v) is 21.4. The summed E-state index contributed by atoms with van der Waals surface area (Å²) in [5.41, 5.74) is 4.11. The number of aryl methyl sites for hydroxylation is 2. The second-order valence-corrected chi connectivity index (χ2v) is 11.6. The standard InChI is InChI=1S/C26H32ClNO5S/c1-14-23-17(11-18-24(23)26(18,2)3)25(34-14)20(30)6-4-15-5-7-21(19(27)10-15)33-13-16(29)12-28-9-8-22(31)32/h5,7,10,16,18,24,28-29H,4,6,8-9,11-13H2,1-3H3,(H,31,32)/t16?,18-,24-/m1/s1. The normalized spacial score (nSPS) is 20.5. The lowest BCUT2D eigenvalue weighted by molar-refractivity contribution is -0.136. The largest absolute Gasteiger partial charge is 0.489 e. The lowest BCUT2D eigenvalue weighted by Gasteiger charge is -2.14. The second-order valence-electron chi connectivity index (χ2n) is 9.99. The quantitative estimate of drug-likeness (QED) is 0.287. The average Bonchev–Trinajstić information content (AvgIpc) is 3.10. The number of Topliss-reactive ketones (excluding diaryl/α,β-unsaturated/α-hetero) is 1. The molecule has 6 nitrogen and oxygen atoms in total. The average molecular weight is 506 g/mol. The fourth-order valence-corrected chi connectivity index (χ4v) is 6.71. The van der Waals surface area contributed by atoms with E-state index in [9.17, 15) is 14.7 Å². The molecule has 2 aromatic rings. The third-order valence-corrected chi connectivity index (χ3v) is 8.74. The van der Waals surface area contributed by atoms with E-state index < -0.39 is 12.1 Å². The van der Waals surface area contributed by atoms with Crippen molar-refractivity contribution in [2.45, 2.75) is 58.5 Å². The van der Waals surface area contributed by atoms with Gasteiger partial charge in [-0.1, -0.05) is 31.5 Å². The molecule has 4 rings (SSSR count). The Morgan fingerprint density at radius 2 is 2.09 bits per heavy atom. The minimum atomic E-state index is -0.887. The van der Waals surface area contributed by atoms with Crippen molar-refractivity contribution >= 4 is 34.7 Å². The van der Waals surface area contributed by atoms with E-state index in [2.05, 4.69) is 26.1 Å². The molecule has 184 valence electrons. The SMILES string of the molecule is Cc1sc(C(=O)CCc2ccc(OCC(O)CNCCC(=O)O)c(Cl)c2)c2c1[C@H]1[C@@H](C2)C1(C)C. The number of aliphatic hydroxyl groups excluding tert-OH is 1. The third kappa shape index (κ3) is 5.18. The van der Waals surface area contributed by atoms with Crippen LogP contribution in [0.3, 0.4) is 0 Å². The van der Waals surface area contributed by atoms with E-state index >= 15 is 0 Å². The van der Waals surface area contributed by atoms with Crippen LogP contribution >= 0.6 is 22.9 Å². The predicted molar refractivity (Wildman–Crippen MR) is 133 cm³/mol. The fourth-order valence-electron chi connectivity index (χ4n) is 5.25. The number of carbonyl (C=O) groups excluding carboxylic acids is 1. The molecule has 34 heavy (non-hydrogen) atoms. The van der Waals surface area contributed by atoms with Crippen LogP contribution in [-0.4, -0.2) is 47.8 Å². The van der Waals surface area contributed by atoms with Gasteiger partial charge in [0.05, 0.1) is 16.3 Å². The zero-order valence-electron chi connectivity index (χ0n) is 19.8. The number of carboxylic acid groups (broad SMARTS) is 1. The van der Waals surface area contributed by atoms with Gasteiger partial charge in [-0.15, -0.1) is 11.3 Å². The van der Waals surface area contributed by atoms with E-state index in [4.69, 9.17) is 21.4 Å². The Morgan fingerprint density at radius 3 is 2.79 bits per heavy atom. The van der Waals surface area contributed by atoms with Crippen LogP contribution in [0.5, 0.6) is 5.75 Å². The van der Waals surface area contributed by atoms with E-state index in [0.717, 1.165) is 16.9 Å². The van der Waals surface area contributed by atoms with Gasteiger partial charge >= 0.3 is 5.97 Å². The number of carbonyl (C=O) groups is 2. The summed E-state index contributed by atoms with van der Waals surface area (Å²) >= 11 is 8.02. The molecule has 0 aliphatic heterocycles. The van der Waals surface area contributed by atoms with E-state index in [1.165, 1.54) is 16.0 Å². The van der Waals surface area contributed by atoms with E-state index in [0.29, 0.717) is 40.9 Å². The molecule has 2 aliphatic rings. The smallest absolute Gasteiger partial charge is 0.304 e. The highest BCUT2D eigenvalue weighted by Crippen LogP contribution is 2.71. The highest BCUT2D eigenvalue weighted by molar-refractivity contribution is 7.14. The minimum absolute atomic E-state index is 0.00283. The number of carboxylic acids is 1. The molecule has 2 aliphatic carbocycles. The van der Waals surface area contributed by atoms with Gasteiger partial charge in [0.1, 0.15) is 18.5 Å². The molecule has 0 radical (unpaired) electrons. The lowest BCUT2D eigenvalue weighted by Crippen LogP contribution is -2.32. The number of hydrogen-bond acceptors (Lipinski definition) is 6. The molecule has 1 aromatic carbocycles. The van der Waals surface area contributed by atoms with Crippen LogP contribution in [-0.2, 0) is 17.6 Å². The molecule has 1 fully saturated rings. The summed E-state index contributed by atoms with van der Waals surface area (Å²) in [7, 11) is 0. The topological polar surface area (TPSA) is 95.9 Å². The molecular weight excluding hydrogens is 474 g/mol. The molecule has 0 bridgehead atoms. The van der Waals surface area contributed by atoms with Crippen molar-refractivity contribution in [3.05, 3.63) is 49.7 Å². The molecule has 0 spiro atoms. The van der Waals surface area contributed by atoms with Crippen molar-refractivity contribution in [2.75, 3.05) is 19.7 Å². The highest BCUT2D eigenvalue weighted by Gasteiger charge is 2.63. The first-order valence-corrected chi connectivity index (χ1v) is 13.0. The van der Waals surface area contributed by atoms with E-state index in [1.807, 2.05) is 12.1 Å². The Morgan fingerprint density at radius 1 is 1.32 bits per heavy atom. The molecule has 1 unspecified atom stereocenters. The number of thiophene rings is 1. The summed E-state index contributed by atoms with van der Waals surface area (Å²) in [6.07, 6.45) is 1.31. The molecule has 0 saturated heterocycles. The molecule has 3 N–H and O–H groups in total. The van der Waals surface area contributed by atoms with Gasteiger partial charge in [0.25, 0.3) is 0 Å². The van der Waals surface area contributed by atoms with Crippen molar-refractivity contribution in [2.24, 2.45) is 11.3 Å². The molecule has 1 aromatic heterocycles. The van der Waals surface area contributed by atoms with Crippen molar-refractivity contribution in [1.29, 1.82) is 0 Å². The Labute approximate surface area is 209 Å². The maximum Gasteiger partial charge on any atom is 0.304 e. The van der Waals surface area contributed by atoms with Crippen molar-refractivity contribution in [3.8, 4) is 5.75 Å². The van der Waals surface area contributed by atoms with Crippen LogP contribution in [0.15, 0.2) is 18.2 Å². The number of hydrogen-bond donors (Lipinski definition) is 3. The minimum Gasteiger partial charge on any atom is -0.489 e. The summed E-state index contributed by atoms with van der Waals surface area (Å²) < 4.78 is 5.61. The number of halogens is 1. The number of ketones is 1. The Kier molecular flexibility index (Phi) is 7.38. The summed E-state index contributed by atoms with van der Waals surface area (Å²) in [6, 6.07) is 5.46. The van der Waals surface area contributed by atoms with Crippen LogP contribution in [0.4, 0.5) is 0 Å². The third-order valence-electron chi connectivity index (χ3n) is 7.24. The highest BCUT2D eigenvalue weighted by atomic mass is 35.5. The molecule has 1 heterocycles. The molecule has 8 heteroatoms. The van der Waals surface area contributed by atoms with Gasteiger partial charge in [0.2, 0.25) is 0 Å². The first-order chi connectivity index (χ1) is 16.1. The van der Waals surface area contributed by atoms with Crippen LogP contribution < -0.4 is 10.1 Å². The van der Waals surface area contributed by atoms with Crippen LogP contribution in [0.1, 0.15) is 63.8 Å². The second kappa shape index (κ2) is 9.97. The Bertz CT molecular complexity index is 1100. The van der Waals surface area contributed by atoms with Crippen molar-refractivity contribution in [3.63, 3.8) is 0 Å². The van der Waals surface area contributed by atoms with Crippen LogP contribution in [0.2, 0.25) is 5.02 Å².